The highest BCUT2D eigenvalue weighted by Crippen LogP contribution is 2.33. The normalized spacial score (nSPS) is 14.7. The standard InChI is InChI=1S/C20H13ClF4N2O3/c21-12-2-4-14-15(8-12)26-17-11(5-6-27(17)18(14)28)7-10-1-3-13(29-19(22)23)9-16(10)30-20(24)25/h1-4,7-9,19-20H,5-6H2/b11-7+. The maximum atomic E-state index is 12.8. The van der Waals surface area contributed by atoms with Crippen LogP contribution in [0.15, 0.2) is 41.2 Å². The van der Waals surface area contributed by atoms with Gasteiger partial charge in [-0.2, -0.15) is 17.6 Å². The van der Waals surface area contributed by atoms with Crippen molar-refractivity contribution in [2.45, 2.75) is 26.2 Å². The highest BCUT2D eigenvalue weighted by molar-refractivity contribution is 6.31. The molecule has 0 fully saturated rings. The second kappa shape index (κ2) is 7.98. The summed E-state index contributed by atoms with van der Waals surface area (Å²) in [5.74, 6) is -0.268. The zero-order chi connectivity index (χ0) is 21.4. The summed E-state index contributed by atoms with van der Waals surface area (Å²) in [5, 5.41) is 0.838. The molecule has 0 unspecified atom stereocenters. The van der Waals surface area contributed by atoms with E-state index in [4.69, 9.17) is 11.6 Å². The minimum atomic E-state index is -3.16. The van der Waals surface area contributed by atoms with Crippen LogP contribution in [0.25, 0.3) is 22.6 Å². The number of ether oxygens (including phenoxy) is 2. The van der Waals surface area contributed by atoms with Crippen molar-refractivity contribution in [2.24, 2.45) is 0 Å². The number of hydrogen-bond acceptors (Lipinski definition) is 4. The largest absolute Gasteiger partial charge is 0.435 e. The molecule has 1 aromatic heterocycles. The summed E-state index contributed by atoms with van der Waals surface area (Å²) in [6.07, 6.45) is 1.96. The molecule has 0 saturated heterocycles. The maximum Gasteiger partial charge on any atom is 0.387 e. The Morgan fingerprint density at radius 3 is 2.57 bits per heavy atom. The number of halogens is 5. The first-order valence-corrected chi connectivity index (χ1v) is 9.14. The van der Waals surface area contributed by atoms with Gasteiger partial charge in [-0.1, -0.05) is 11.6 Å². The minimum absolute atomic E-state index is 0.209. The average Bonchev–Trinajstić information content (AvgIpc) is 3.05. The zero-order valence-electron chi connectivity index (χ0n) is 15.1. The van der Waals surface area contributed by atoms with Crippen LogP contribution in [0.5, 0.6) is 11.5 Å². The molecule has 0 N–H and O–H groups in total. The molecule has 0 aliphatic carbocycles. The molecule has 2 aromatic carbocycles. The summed E-state index contributed by atoms with van der Waals surface area (Å²) in [6.45, 7) is -5.90. The van der Waals surface area contributed by atoms with Gasteiger partial charge < -0.3 is 9.47 Å². The second-order valence-corrected chi connectivity index (χ2v) is 6.87. The third kappa shape index (κ3) is 3.97. The molecule has 5 nitrogen and oxygen atoms in total. The van der Waals surface area contributed by atoms with Crippen molar-refractivity contribution >= 4 is 34.2 Å². The van der Waals surface area contributed by atoms with E-state index < -0.39 is 13.2 Å². The molecule has 10 heteroatoms. The lowest BCUT2D eigenvalue weighted by molar-refractivity contribution is -0.0543. The van der Waals surface area contributed by atoms with Gasteiger partial charge in [0.15, 0.2) is 0 Å². The monoisotopic (exact) mass is 440 g/mol. The van der Waals surface area contributed by atoms with Crippen LogP contribution in [0, 0.1) is 0 Å². The van der Waals surface area contributed by atoms with Gasteiger partial charge in [-0.05, 0) is 48.4 Å². The molecule has 0 radical (unpaired) electrons. The molecule has 0 atom stereocenters. The van der Waals surface area contributed by atoms with Gasteiger partial charge >= 0.3 is 13.2 Å². The van der Waals surface area contributed by atoms with E-state index >= 15 is 0 Å². The lowest BCUT2D eigenvalue weighted by Crippen LogP contribution is -2.20. The van der Waals surface area contributed by atoms with Crippen molar-refractivity contribution in [3.05, 3.63) is 63.2 Å². The Hall–Kier alpha value is -3.07. The lowest BCUT2D eigenvalue weighted by atomic mass is 10.1. The van der Waals surface area contributed by atoms with Crippen LogP contribution < -0.4 is 15.0 Å². The van der Waals surface area contributed by atoms with Crippen molar-refractivity contribution in [1.29, 1.82) is 0 Å². The van der Waals surface area contributed by atoms with Crippen molar-refractivity contribution in [1.82, 2.24) is 9.55 Å². The van der Waals surface area contributed by atoms with Crippen LogP contribution in [0.2, 0.25) is 5.02 Å². The summed E-state index contributed by atoms with van der Waals surface area (Å²) < 4.78 is 60.7. The Morgan fingerprint density at radius 2 is 1.83 bits per heavy atom. The Morgan fingerprint density at radius 1 is 1.07 bits per heavy atom. The number of aromatic nitrogens is 2. The van der Waals surface area contributed by atoms with Gasteiger partial charge in [0, 0.05) is 23.2 Å². The van der Waals surface area contributed by atoms with Crippen LogP contribution in [0.3, 0.4) is 0 Å². The van der Waals surface area contributed by atoms with E-state index in [0.717, 1.165) is 6.07 Å². The number of alkyl halides is 4. The molecule has 3 aromatic rings. The third-order valence-corrected chi connectivity index (χ3v) is 4.80. The molecule has 0 bridgehead atoms. The highest BCUT2D eigenvalue weighted by atomic mass is 35.5. The van der Waals surface area contributed by atoms with Gasteiger partial charge in [0.25, 0.3) is 5.56 Å². The van der Waals surface area contributed by atoms with Crippen LogP contribution >= 0.6 is 11.6 Å². The predicted molar refractivity (Wildman–Crippen MR) is 103 cm³/mol. The van der Waals surface area contributed by atoms with E-state index in [2.05, 4.69) is 14.5 Å². The van der Waals surface area contributed by atoms with Crippen LogP contribution in [-0.2, 0) is 6.54 Å². The predicted octanol–water partition coefficient (Wildman–Crippen LogP) is 5.20. The molecule has 4 rings (SSSR count). The van der Waals surface area contributed by atoms with Crippen molar-refractivity contribution in [3.63, 3.8) is 0 Å². The third-order valence-electron chi connectivity index (χ3n) is 4.57. The molecule has 1 aliphatic rings. The topological polar surface area (TPSA) is 53.4 Å². The quantitative estimate of drug-likeness (QED) is 0.512. The van der Waals surface area contributed by atoms with Crippen LogP contribution in [0.4, 0.5) is 17.6 Å². The Balaban J connectivity index is 1.80. The van der Waals surface area contributed by atoms with E-state index in [0.29, 0.717) is 40.3 Å². The summed E-state index contributed by atoms with van der Waals surface area (Å²) in [6, 6.07) is 8.26. The summed E-state index contributed by atoms with van der Waals surface area (Å²) in [7, 11) is 0. The number of rotatable bonds is 5. The Kier molecular flexibility index (Phi) is 5.38. The molecule has 1 aliphatic heterocycles. The van der Waals surface area contributed by atoms with Gasteiger partial charge in [-0.25, -0.2) is 4.98 Å². The fourth-order valence-corrected chi connectivity index (χ4v) is 3.49. The van der Waals surface area contributed by atoms with Gasteiger partial charge in [-0.15, -0.1) is 0 Å². The van der Waals surface area contributed by atoms with Gasteiger partial charge in [0.1, 0.15) is 17.3 Å². The number of fused-ring (bicyclic) bond motifs is 2. The lowest BCUT2D eigenvalue weighted by Gasteiger charge is -2.12. The van der Waals surface area contributed by atoms with Crippen LogP contribution in [-0.4, -0.2) is 22.8 Å². The van der Waals surface area contributed by atoms with E-state index in [1.807, 2.05) is 0 Å². The van der Waals surface area contributed by atoms with Gasteiger partial charge in [0.2, 0.25) is 0 Å². The summed E-state index contributed by atoms with van der Waals surface area (Å²) in [4.78, 5) is 17.2. The number of allylic oxidation sites excluding steroid dienone is 1. The van der Waals surface area contributed by atoms with E-state index in [-0.39, 0.29) is 22.6 Å². The average molecular weight is 441 g/mol. The number of benzene rings is 2. The van der Waals surface area contributed by atoms with Crippen LogP contribution in [0.1, 0.15) is 17.8 Å². The first kappa shape index (κ1) is 20.2. The number of hydrogen-bond donors (Lipinski definition) is 0. The Bertz CT molecular complexity index is 1210. The minimum Gasteiger partial charge on any atom is -0.435 e. The van der Waals surface area contributed by atoms with Crippen molar-refractivity contribution in [2.75, 3.05) is 0 Å². The fraction of sp³-hybridized carbons (Fsp3) is 0.200. The van der Waals surface area contributed by atoms with E-state index in [9.17, 15) is 22.4 Å². The smallest absolute Gasteiger partial charge is 0.387 e. The SMILES string of the molecule is O=c1c2ccc(Cl)cc2nc2n1CC/C2=C\c1ccc(OC(F)F)cc1OC(F)F. The maximum absolute atomic E-state index is 12.8. The first-order chi connectivity index (χ1) is 14.3. The number of nitrogens with zero attached hydrogens (tertiary/aromatic N) is 2. The molecule has 0 saturated carbocycles. The molecule has 0 amide bonds. The second-order valence-electron chi connectivity index (χ2n) is 6.43. The molecule has 156 valence electrons. The van der Waals surface area contributed by atoms with E-state index in [1.165, 1.54) is 22.8 Å². The van der Waals surface area contributed by atoms with Gasteiger partial charge in [0.05, 0.1) is 10.9 Å². The zero-order valence-corrected chi connectivity index (χ0v) is 15.9. The molecule has 0 spiro atoms. The van der Waals surface area contributed by atoms with Crippen molar-refractivity contribution < 1.29 is 27.0 Å². The molecule has 30 heavy (non-hydrogen) atoms. The first-order valence-electron chi connectivity index (χ1n) is 8.76. The Labute approximate surface area is 172 Å². The molecule has 2 heterocycles. The molecular formula is C20H13ClF4N2O3. The van der Waals surface area contributed by atoms with Crippen molar-refractivity contribution in [3.8, 4) is 11.5 Å². The van der Waals surface area contributed by atoms with E-state index in [1.54, 1.807) is 18.2 Å². The fourth-order valence-electron chi connectivity index (χ4n) is 3.32. The summed E-state index contributed by atoms with van der Waals surface area (Å²) >= 11 is 5.99. The summed E-state index contributed by atoms with van der Waals surface area (Å²) in [5.41, 5.74) is 0.993. The highest BCUT2D eigenvalue weighted by Gasteiger charge is 2.22. The van der Waals surface area contributed by atoms with Gasteiger partial charge in [-0.3, -0.25) is 9.36 Å². The molecular weight excluding hydrogens is 428 g/mol.